The number of hydrogen-bond donors (Lipinski definition) is 1. The fourth-order valence-electron chi connectivity index (χ4n) is 2.53. The molecular formula is C12H21N3. The number of hydrogen-bond acceptors (Lipinski definition) is 2. The van der Waals surface area contributed by atoms with Gasteiger partial charge in [-0.2, -0.15) is 0 Å². The van der Waals surface area contributed by atoms with Crippen LogP contribution in [0.3, 0.4) is 0 Å². The van der Waals surface area contributed by atoms with Gasteiger partial charge in [-0.15, -0.1) is 0 Å². The Morgan fingerprint density at radius 1 is 1.53 bits per heavy atom. The lowest BCUT2D eigenvalue weighted by atomic mass is 10.00. The van der Waals surface area contributed by atoms with Gasteiger partial charge in [0.25, 0.3) is 0 Å². The van der Waals surface area contributed by atoms with Crippen LogP contribution >= 0.6 is 0 Å². The molecule has 0 bridgehead atoms. The van der Waals surface area contributed by atoms with Gasteiger partial charge in [0.2, 0.25) is 0 Å². The Kier molecular flexibility index (Phi) is 3.41. The van der Waals surface area contributed by atoms with Crippen molar-refractivity contribution < 1.29 is 0 Å². The van der Waals surface area contributed by atoms with Gasteiger partial charge < -0.3 is 10.3 Å². The van der Waals surface area contributed by atoms with Gasteiger partial charge >= 0.3 is 0 Å². The fourth-order valence-corrected chi connectivity index (χ4v) is 2.53. The van der Waals surface area contributed by atoms with E-state index < -0.39 is 0 Å². The molecule has 2 N–H and O–H groups in total. The lowest BCUT2D eigenvalue weighted by Gasteiger charge is -2.15. The predicted molar refractivity (Wildman–Crippen MR) is 61.5 cm³/mol. The average Bonchev–Trinajstić information content (AvgIpc) is 2.80. The van der Waals surface area contributed by atoms with Gasteiger partial charge in [-0.25, -0.2) is 4.98 Å². The van der Waals surface area contributed by atoms with E-state index in [1.165, 1.54) is 31.5 Å². The first kappa shape index (κ1) is 10.7. The van der Waals surface area contributed by atoms with Crippen molar-refractivity contribution >= 4 is 0 Å². The molecule has 3 nitrogen and oxygen atoms in total. The fraction of sp³-hybridized carbons (Fsp3) is 0.750. The Morgan fingerprint density at radius 3 is 3.07 bits per heavy atom. The molecule has 2 rings (SSSR count). The molecule has 3 heteroatoms. The maximum Gasteiger partial charge on any atom is 0.108 e. The van der Waals surface area contributed by atoms with Gasteiger partial charge in [-0.05, 0) is 25.2 Å². The number of nitrogens with zero attached hydrogens (tertiary/aromatic N) is 2. The molecule has 1 aromatic rings. The van der Waals surface area contributed by atoms with Crippen LogP contribution in [0.25, 0.3) is 0 Å². The second-order valence-corrected chi connectivity index (χ2v) is 4.60. The molecule has 0 radical (unpaired) electrons. The van der Waals surface area contributed by atoms with E-state index in [2.05, 4.69) is 22.7 Å². The van der Waals surface area contributed by atoms with Crippen molar-refractivity contribution in [2.24, 2.45) is 11.7 Å². The number of aromatic nitrogens is 2. The Hall–Kier alpha value is -0.830. The van der Waals surface area contributed by atoms with Crippen LogP contribution in [0.2, 0.25) is 0 Å². The monoisotopic (exact) mass is 207 g/mol. The zero-order valence-electron chi connectivity index (χ0n) is 9.52. The third kappa shape index (κ3) is 2.40. The maximum atomic E-state index is 6.08. The normalized spacial score (nSPS) is 26.0. The van der Waals surface area contributed by atoms with Crippen molar-refractivity contribution in [1.82, 2.24) is 9.55 Å². The second-order valence-electron chi connectivity index (χ2n) is 4.60. The van der Waals surface area contributed by atoms with Crippen molar-refractivity contribution in [3.8, 4) is 0 Å². The van der Waals surface area contributed by atoms with Crippen LogP contribution in [0.4, 0.5) is 0 Å². The molecule has 1 heterocycles. The van der Waals surface area contributed by atoms with Crippen LogP contribution in [-0.4, -0.2) is 15.6 Å². The molecule has 2 atom stereocenters. The summed E-state index contributed by atoms with van der Waals surface area (Å²) in [5.74, 6) is 1.88. The van der Waals surface area contributed by atoms with Crippen LogP contribution in [0.5, 0.6) is 0 Å². The Morgan fingerprint density at radius 2 is 2.40 bits per heavy atom. The van der Waals surface area contributed by atoms with Crippen LogP contribution in [0, 0.1) is 5.92 Å². The first-order valence-electron chi connectivity index (χ1n) is 6.07. The summed E-state index contributed by atoms with van der Waals surface area (Å²) in [6, 6.07) is 0.400. The highest BCUT2D eigenvalue weighted by Crippen LogP contribution is 2.26. The first-order chi connectivity index (χ1) is 7.31. The smallest absolute Gasteiger partial charge is 0.108 e. The van der Waals surface area contributed by atoms with Crippen LogP contribution in [-0.2, 0) is 13.0 Å². The minimum atomic E-state index is 0.400. The molecule has 0 amide bonds. The predicted octanol–water partition coefficient (Wildman–Crippen LogP) is 1.96. The Balaban J connectivity index is 2.00. The highest BCUT2D eigenvalue weighted by atomic mass is 15.1. The molecule has 1 fully saturated rings. The van der Waals surface area contributed by atoms with E-state index in [0.29, 0.717) is 12.0 Å². The number of aryl methyl sites for hydroxylation is 1. The first-order valence-corrected chi connectivity index (χ1v) is 6.07. The van der Waals surface area contributed by atoms with E-state index in [0.717, 1.165) is 13.0 Å². The minimum absolute atomic E-state index is 0.400. The molecule has 1 saturated carbocycles. The average molecular weight is 207 g/mol. The number of imidazole rings is 1. The summed E-state index contributed by atoms with van der Waals surface area (Å²) in [5.41, 5.74) is 6.08. The van der Waals surface area contributed by atoms with E-state index in [1.807, 2.05) is 6.20 Å². The molecule has 0 aliphatic heterocycles. The zero-order chi connectivity index (χ0) is 10.7. The van der Waals surface area contributed by atoms with E-state index in [-0.39, 0.29) is 0 Å². The summed E-state index contributed by atoms with van der Waals surface area (Å²) in [6.45, 7) is 3.28. The standard InChI is InChI=1S/C12H21N3/c1-2-7-15-8-6-14-12(15)9-10-4-3-5-11(10)13/h6,8,10-11H,2-5,7,9,13H2,1H3. The Labute approximate surface area is 91.7 Å². The minimum Gasteiger partial charge on any atom is -0.335 e. The SMILES string of the molecule is CCCn1ccnc1CC1CCCC1N. The molecule has 1 aromatic heterocycles. The van der Waals surface area contributed by atoms with Crippen molar-refractivity contribution in [3.05, 3.63) is 18.2 Å². The second kappa shape index (κ2) is 4.79. The third-order valence-electron chi connectivity index (χ3n) is 3.43. The molecular weight excluding hydrogens is 186 g/mol. The molecule has 2 unspecified atom stereocenters. The zero-order valence-corrected chi connectivity index (χ0v) is 9.52. The third-order valence-corrected chi connectivity index (χ3v) is 3.43. The molecule has 1 aliphatic carbocycles. The highest BCUT2D eigenvalue weighted by Gasteiger charge is 2.25. The van der Waals surface area contributed by atoms with Gasteiger partial charge in [-0.3, -0.25) is 0 Å². The van der Waals surface area contributed by atoms with Gasteiger partial charge in [-0.1, -0.05) is 13.3 Å². The largest absolute Gasteiger partial charge is 0.335 e. The topological polar surface area (TPSA) is 43.8 Å². The summed E-state index contributed by atoms with van der Waals surface area (Å²) in [5, 5.41) is 0. The van der Waals surface area contributed by atoms with E-state index >= 15 is 0 Å². The van der Waals surface area contributed by atoms with Gasteiger partial charge in [0.05, 0.1) is 0 Å². The highest BCUT2D eigenvalue weighted by molar-refractivity contribution is 4.97. The quantitative estimate of drug-likeness (QED) is 0.820. The molecule has 0 spiro atoms. The summed E-state index contributed by atoms with van der Waals surface area (Å²) in [7, 11) is 0. The van der Waals surface area contributed by atoms with Gasteiger partial charge in [0.15, 0.2) is 0 Å². The van der Waals surface area contributed by atoms with Crippen molar-refractivity contribution in [2.45, 2.75) is 51.6 Å². The van der Waals surface area contributed by atoms with Gasteiger partial charge in [0.1, 0.15) is 5.82 Å². The van der Waals surface area contributed by atoms with Crippen LogP contribution in [0.1, 0.15) is 38.4 Å². The van der Waals surface area contributed by atoms with Gasteiger partial charge in [0, 0.05) is 31.4 Å². The summed E-state index contributed by atoms with van der Waals surface area (Å²) >= 11 is 0. The Bertz CT molecular complexity index is 306. The van der Waals surface area contributed by atoms with Crippen molar-refractivity contribution in [2.75, 3.05) is 0 Å². The number of nitrogens with two attached hydrogens (primary N) is 1. The lowest BCUT2D eigenvalue weighted by Crippen LogP contribution is -2.26. The molecule has 0 saturated heterocycles. The summed E-state index contributed by atoms with van der Waals surface area (Å²) in [6.07, 6.45) is 9.98. The van der Waals surface area contributed by atoms with Crippen molar-refractivity contribution in [1.29, 1.82) is 0 Å². The van der Waals surface area contributed by atoms with E-state index in [9.17, 15) is 0 Å². The molecule has 1 aliphatic rings. The van der Waals surface area contributed by atoms with Crippen LogP contribution < -0.4 is 5.73 Å². The maximum absolute atomic E-state index is 6.08. The van der Waals surface area contributed by atoms with Crippen LogP contribution in [0.15, 0.2) is 12.4 Å². The lowest BCUT2D eigenvalue weighted by molar-refractivity contribution is 0.455. The number of rotatable bonds is 4. The summed E-state index contributed by atoms with van der Waals surface area (Å²) < 4.78 is 2.27. The summed E-state index contributed by atoms with van der Waals surface area (Å²) in [4.78, 5) is 4.44. The molecule has 84 valence electrons. The van der Waals surface area contributed by atoms with E-state index in [4.69, 9.17) is 5.73 Å². The molecule has 15 heavy (non-hydrogen) atoms. The van der Waals surface area contributed by atoms with E-state index in [1.54, 1.807) is 0 Å². The van der Waals surface area contributed by atoms with Crippen molar-refractivity contribution in [3.63, 3.8) is 0 Å². The molecule has 0 aromatic carbocycles.